The molecule has 1 fully saturated rings. The van der Waals surface area contributed by atoms with Gasteiger partial charge >= 0.3 is 0 Å². The molecule has 2 rings (SSSR count). The van der Waals surface area contributed by atoms with E-state index in [9.17, 15) is 4.79 Å². The van der Waals surface area contributed by atoms with Crippen LogP contribution in [0.2, 0.25) is 0 Å². The van der Waals surface area contributed by atoms with Gasteiger partial charge in [0.15, 0.2) is 0 Å². The van der Waals surface area contributed by atoms with Crippen LogP contribution < -0.4 is 5.32 Å². The third kappa shape index (κ3) is 2.92. The van der Waals surface area contributed by atoms with E-state index in [0.717, 1.165) is 29.6 Å². The van der Waals surface area contributed by atoms with E-state index in [-0.39, 0.29) is 18.1 Å². The topological polar surface area (TPSA) is 56.2 Å². The van der Waals surface area contributed by atoms with Crippen LogP contribution in [0.15, 0.2) is 10.7 Å². The first-order valence-electron chi connectivity index (χ1n) is 6.18. The lowest BCUT2D eigenvalue weighted by molar-refractivity contribution is -0.124. The Labute approximate surface area is 115 Å². The molecule has 1 aliphatic rings. The van der Waals surface area contributed by atoms with E-state index in [1.807, 2.05) is 13.8 Å². The second kappa shape index (κ2) is 5.84. The van der Waals surface area contributed by atoms with Crippen LogP contribution in [-0.2, 0) is 9.53 Å². The molecule has 2 atom stereocenters. The van der Waals surface area contributed by atoms with Crippen molar-refractivity contribution in [1.29, 1.82) is 0 Å². The van der Waals surface area contributed by atoms with Crippen molar-refractivity contribution in [3.63, 3.8) is 0 Å². The van der Waals surface area contributed by atoms with E-state index < -0.39 is 0 Å². The summed E-state index contributed by atoms with van der Waals surface area (Å²) >= 11 is 3.39. The summed E-state index contributed by atoms with van der Waals surface area (Å²) in [5.41, 5.74) is 0.953. The van der Waals surface area contributed by atoms with Crippen molar-refractivity contribution in [2.24, 2.45) is 0 Å². The molecule has 1 saturated heterocycles. The van der Waals surface area contributed by atoms with Crippen molar-refractivity contribution in [2.45, 2.75) is 38.8 Å². The molecule has 1 aromatic rings. The lowest BCUT2D eigenvalue weighted by atomic mass is 10.2. The maximum absolute atomic E-state index is 12.0. The summed E-state index contributed by atoms with van der Waals surface area (Å²) in [4.78, 5) is 12.0. The number of nitrogens with zero attached hydrogens (tertiary/aromatic N) is 2. The quantitative estimate of drug-likeness (QED) is 0.922. The van der Waals surface area contributed by atoms with Crippen LogP contribution in [-0.4, -0.2) is 34.9 Å². The van der Waals surface area contributed by atoms with Crippen molar-refractivity contribution in [1.82, 2.24) is 15.1 Å². The Kier molecular flexibility index (Phi) is 4.40. The molecule has 0 aromatic carbocycles. The van der Waals surface area contributed by atoms with Gasteiger partial charge in [0.25, 0.3) is 0 Å². The zero-order chi connectivity index (χ0) is 13.1. The maximum Gasteiger partial charge on any atom is 0.244 e. The van der Waals surface area contributed by atoms with E-state index in [1.165, 1.54) is 0 Å². The van der Waals surface area contributed by atoms with Gasteiger partial charge in [0, 0.05) is 13.2 Å². The average molecular weight is 316 g/mol. The Morgan fingerprint density at radius 1 is 1.78 bits per heavy atom. The number of ether oxygens (including phenoxy) is 1. The van der Waals surface area contributed by atoms with Crippen LogP contribution in [0.5, 0.6) is 0 Å². The minimum Gasteiger partial charge on any atom is -0.376 e. The zero-order valence-corrected chi connectivity index (χ0v) is 12.2. The number of carbonyl (C=O) groups is 1. The number of amides is 1. The van der Waals surface area contributed by atoms with Crippen molar-refractivity contribution in [3.8, 4) is 0 Å². The number of halogens is 1. The number of carbonyl (C=O) groups excluding carboxylic acids is 1. The number of rotatable bonds is 4. The molecule has 1 aromatic heterocycles. The van der Waals surface area contributed by atoms with Gasteiger partial charge < -0.3 is 10.1 Å². The second-order valence-corrected chi connectivity index (χ2v) is 5.43. The summed E-state index contributed by atoms with van der Waals surface area (Å²) in [6.45, 7) is 5.17. The van der Waals surface area contributed by atoms with Gasteiger partial charge in [-0.05, 0) is 42.6 Å². The number of aromatic nitrogens is 2. The highest BCUT2D eigenvalue weighted by Gasteiger charge is 2.21. The largest absolute Gasteiger partial charge is 0.376 e. The van der Waals surface area contributed by atoms with Crippen molar-refractivity contribution in [3.05, 3.63) is 16.4 Å². The minimum atomic E-state index is -0.308. The summed E-state index contributed by atoms with van der Waals surface area (Å²) in [7, 11) is 0. The molecule has 0 bridgehead atoms. The Morgan fingerprint density at radius 2 is 2.56 bits per heavy atom. The molecule has 1 amide bonds. The van der Waals surface area contributed by atoms with E-state index in [2.05, 4.69) is 26.3 Å². The fourth-order valence-corrected chi connectivity index (χ4v) is 2.34. The van der Waals surface area contributed by atoms with Gasteiger partial charge in [0.2, 0.25) is 5.91 Å². The van der Waals surface area contributed by atoms with E-state index in [4.69, 9.17) is 4.74 Å². The maximum atomic E-state index is 12.0. The van der Waals surface area contributed by atoms with Gasteiger partial charge in [-0.2, -0.15) is 5.10 Å². The highest BCUT2D eigenvalue weighted by atomic mass is 79.9. The average Bonchev–Trinajstić information content (AvgIpc) is 2.97. The fraction of sp³-hybridized carbons (Fsp3) is 0.667. The summed E-state index contributed by atoms with van der Waals surface area (Å²) in [5.74, 6) is -0.0239. The van der Waals surface area contributed by atoms with Crippen molar-refractivity contribution < 1.29 is 9.53 Å². The van der Waals surface area contributed by atoms with Crippen molar-refractivity contribution in [2.75, 3.05) is 13.2 Å². The van der Waals surface area contributed by atoms with Gasteiger partial charge in [0.05, 0.1) is 22.5 Å². The number of nitrogens with one attached hydrogen (secondary N) is 1. The Balaban J connectivity index is 1.90. The third-order valence-corrected chi connectivity index (χ3v) is 4.04. The molecule has 0 unspecified atom stereocenters. The fourth-order valence-electron chi connectivity index (χ4n) is 2.07. The highest BCUT2D eigenvalue weighted by Crippen LogP contribution is 2.18. The predicted octanol–water partition coefficient (Wildman–Crippen LogP) is 1.81. The molecule has 5 nitrogen and oxygen atoms in total. The smallest absolute Gasteiger partial charge is 0.244 e. The van der Waals surface area contributed by atoms with E-state index in [1.54, 1.807) is 10.9 Å². The van der Waals surface area contributed by atoms with Gasteiger partial charge in [-0.1, -0.05) is 0 Å². The highest BCUT2D eigenvalue weighted by molar-refractivity contribution is 9.10. The molecular formula is C12H18BrN3O2. The van der Waals surface area contributed by atoms with E-state index in [0.29, 0.717) is 6.54 Å². The van der Waals surface area contributed by atoms with Gasteiger partial charge in [-0.25, -0.2) is 0 Å². The normalized spacial score (nSPS) is 20.9. The molecule has 0 aliphatic carbocycles. The lowest BCUT2D eigenvalue weighted by Crippen LogP contribution is -2.36. The zero-order valence-electron chi connectivity index (χ0n) is 10.6. The van der Waals surface area contributed by atoms with Gasteiger partial charge in [-0.15, -0.1) is 0 Å². The third-order valence-electron chi connectivity index (χ3n) is 3.26. The monoisotopic (exact) mass is 315 g/mol. The molecule has 0 saturated carbocycles. The predicted molar refractivity (Wildman–Crippen MR) is 71.4 cm³/mol. The SMILES string of the molecule is Cc1c(Br)cnn1[C@@H](C)C(=O)NC[C@@H]1CCCO1. The summed E-state index contributed by atoms with van der Waals surface area (Å²) in [5, 5.41) is 7.11. The molecule has 18 heavy (non-hydrogen) atoms. The van der Waals surface area contributed by atoms with E-state index >= 15 is 0 Å². The summed E-state index contributed by atoms with van der Waals surface area (Å²) in [6, 6.07) is -0.308. The Hall–Kier alpha value is -0.880. The second-order valence-electron chi connectivity index (χ2n) is 4.58. The van der Waals surface area contributed by atoms with Crippen LogP contribution in [0.4, 0.5) is 0 Å². The molecular weight excluding hydrogens is 298 g/mol. The Morgan fingerprint density at radius 3 is 3.11 bits per heavy atom. The molecule has 100 valence electrons. The lowest BCUT2D eigenvalue weighted by Gasteiger charge is -2.16. The summed E-state index contributed by atoms with van der Waals surface area (Å²) < 4.78 is 8.11. The first kappa shape index (κ1) is 13.5. The van der Waals surface area contributed by atoms with Gasteiger partial charge in [-0.3, -0.25) is 9.48 Å². The number of hydrogen-bond acceptors (Lipinski definition) is 3. The first-order valence-corrected chi connectivity index (χ1v) is 6.98. The van der Waals surface area contributed by atoms with Crippen LogP contribution >= 0.6 is 15.9 Å². The molecule has 2 heterocycles. The molecule has 1 N–H and O–H groups in total. The van der Waals surface area contributed by atoms with Crippen molar-refractivity contribution >= 4 is 21.8 Å². The standard InChI is InChI=1S/C12H18BrN3O2/c1-8-11(13)7-15-16(8)9(2)12(17)14-6-10-4-3-5-18-10/h7,9-10H,3-6H2,1-2H3,(H,14,17)/t9-,10-/m0/s1. The summed E-state index contributed by atoms with van der Waals surface area (Å²) in [6.07, 6.45) is 3.99. The van der Waals surface area contributed by atoms with Crippen LogP contribution in [0.25, 0.3) is 0 Å². The molecule has 0 radical (unpaired) electrons. The van der Waals surface area contributed by atoms with Crippen LogP contribution in [0.1, 0.15) is 31.5 Å². The molecule has 6 heteroatoms. The minimum absolute atomic E-state index is 0.0239. The number of hydrogen-bond donors (Lipinski definition) is 1. The Bertz CT molecular complexity index is 427. The van der Waals surface area contributed by atoms with Crippen LogP contribution in [0, 0.1) is 6.92 Å². The van der Waals surface area contributed by atoms with Crippen LogP contribution in [0.3, 0.4) is 0 Å². The first-order chi connectivity index (χ1) is 8.59. The molecule has 0 spiro atoms. The molecule has 1 aliphatic heterocycles. The van der Waals surface area contributed by atoms with Gasteiger partial charge in [0.1, 0.15) is 6.04 Å².